The minimum atomic E-state index is -4.71. The molecule has 0 spiro atoms. The van der Waals surface area contributed by atoms with Crippen LogP contribution in [0.1, 0.15) is 119 Å². The molecule has 0 saturated heterocycles. The lowest BCUT2D eigenvalue weighted by molar-refractivity contribution is -0.00703. The molecule has 0 radical (unpaired) electrons. The van der Waals surface area contributed by atoms with Gasteiger partial charge in [0.15, 0.2) is 0 Å². The Bertz CT molecular complexity index is 2030. The average Bonchev–Trinajstić information content (AvgIpc) is 3.29. The lowest BCUT2D eigenvalue weighted by Crippen LogP contribution is -2.50. The van der Waals surface area contributed by atoms with Crippen LogP contribution in [-0.2, 0) is 43.9 Å². The fourth-order valence-electron chi connectivity index (χ4n) is 13.8. The fourth-order valence-corrected chi connectivity index (χ4v) is 15.9. The third kappa shape index (κ3) is 4.92. The van der Waals surface area contributed by atoms with Crippen molar-refractivity contribution in [3.63, 3.8) is 0 Å². The molecule has 0 amide bonds. The van der Waals surface area contributed by atoms with Gasteiger partial charge in [-0.2, -0.15) is 8.42 Å². The summed E-state index contributed by atoms with van der Waals surface area (Å²) < 4.78 is 73.6. The summed E-state index contributed by atoms with van der Waals surface area (Å²) in [5, 5.41) is 2.35. The normalized spacial score (nSPS) is 36.2. The maximum absolute atomic E-state index is 15.2. The van der Waals surface area contributed by atoms with Gasteiger partial charge in [0.25, 0.3) is 0 Å². The zero-order valence-corrected chi connectivity index (χ0v) is 29.9. The highest BCUT2D eigenvalue weighted by molar-refractivity contribution is 7.87. The molecule has 8 saturated carbocycles. The SMILES string of the molecule is O=S(=O)([O-])c1ccc(OS(=O)(=O)c2cc(C34CC5CC(CC(C5)C3)C4)c3ccccc3c2C23CC4CC(CC(C4)C2)C3)c2c1CCCCC2. The van der Waals surface area contributed by atoms with Gasteiger partial charge in [0, 0.05) is 5.56 Å². The van der Waals surface area contributed by atoms with E-state index >= 15 is 8.42 Å². The first-order valence-electron chi connectivity index (χ1n) is 19.1. The predicted octanol–water partition coefficient (Wildman–Crippen LogP) is 8.72. The van der Waals surface area contributed by atoms with Crippen molar-refractivity contribution in [1.82, 2.24) is 0 Å². The molecular weight excluding hydrogens is 653 g/mol. The molecule has 0 heterocycles. The van der Waals surface area contributed by atoms with Crippen molar-refractivity contribution < 1.29 is 25.6 Å². The zero-order valence-electron chi connectivity index (χ0n) is 28.3. The van der Waals surface area contributed by atoms with E-state index in [2.05, 4.69) is 30.3 Å². The quantitative estimate of drug-likeness (QED) is 0.145. The predicted molar refractivity (Wildman–Crippen MR) is 187 cm³/mol. The van der Waals surface area contributed by atoms with E-state index in [9.17, 15) is 13.0 Å². The summed E-state index contributed by atoms with van der Waals surface area (Å²) in [4.78, 5) is 0.111. The van der Waals surface area contributed by atoms with E-state index in [1.54, 1.807) is 0 Å². The molecule has 9 aliphatic rings. The van der Waals surface area contributed by atoms with Gasteiger partial charge in [0.2, 0.25) is 0 Å². The molecular formula is C41H47O6S2-. The molecule has 3 aromatic carbocycles. The number of benzene rings is 3. The second-order valence-electron chi connectivity index (χ2n) is 17.8. The van der Waals surface area contributed by atoms with E-state index < -0.39 is 20.2 Å². The van der Waals surface area contributed by atoms with Gasteiger partial charge in [0.05, 0.1) is 4.90 Å². The molecule has 3 aromatic rings. The van der Waals surface area contributed by atoms with Crippen LogP contribution >= 0.6 is 0 Å². The minimum Gasteiger partial charge on any atom is -0.744 e. The molecule has 0 N–H and O–H groups in total. The number of fused-ring (bicyclic) bond motifs is 2. The van der Waals surface area contributed by atoms with Gasteiger partial charge in [-0.3, -0.25) is 0 Å². The first kappa shape index (κ1) is 31.3. The minimum absolute atomic E-state index is 0.0140. The first-order chi connectivity index (χ1) is 23.5. The number of rotatable bonds is 6. The van der Waals surface area contributed by atoms with Crippen molar-refractivity contribution in [3.8, 4) is 5.75 Å². The van der Waals surface area contributed by atoms with Crippen LogP contribution < -0.4 is 4.18 Å². The summed E-state index contributed by atoms with van der Waals surface area (Å²) in [5.74, 6) is 4.26. The van der Waals surface area contributed by atoms with Crippen molar-refractivity contribution in [2.24, 2.45) is 35.5 Å². The van der Waals surface area contributed by atoms with Crippen molar-refractivity contribution in [1.29, 1.82) is 0 Å². The summed E-state index contributed by atoms with van der Waals surface area (Å²) in [6.45, 7) is 0. The van der Waals surface area contributed by atoms with Crippen molar-refractivity contribution >= 4 is 31.0 Å². The Morgan fingerprint density at radius 1 is 0.592 bits per heavy atom. The summed E-state index contributed by atoms with van der Waals surface area (Å²) >= 11 is 0. The Hall–Kier alpha value is -2.42. The van der Waals surface area contributed by atoms with Gasteiger partial charge in [-0.1, -0.05) is 30.7 Å². The van der Waals surface area contributed by atoms with Crippen molar-refractivity contribution in [2.45, 2.75) is 130 Å². The highest BCUT2D eigenvalue weighted by Gasteiger charge is 2.56. The van der Waals surface area contributed by atoms with Gasteiger partial charge in [0.1, 0.15) is 20.8 Å². The second-order valence-corrected chi connectivity index (χ2v) is 20.7. The van der Waals surface area contributed by atoms with E-state index in [1.165, 1.54) is 61.6 Å². The standard InChI is InChI=1S/C41H48O6S2/c42-48(43,44)37-11-10-36(32-7-2-1-3-8-33(32)37)47-49(45,46)38-18-35(40-19-25-12-26(20-40)14-27(13-25)21-40)31-6-4-5-9-34(31)39(38)41-22-28-15-29(23-41)17-30(16-28)24-41/h4-6,9-11,18,25-30H,1-3,7-8,12-17,19-24H2,(H,42,43,44)/p-1. The van der Waals surface area contributed by atoms with Crippen LogP contribution in [0.25, 0.3) is 10.8 Å². The van der Waals surface area contributed by atoms with Crippen molar-refractivity contribution in [2.75, 3.05) is 0 Å². The number of hydrogen-bond donors (Lipinski definition) is 0. The van der Waals surface area contributed by atoms with Crippen LogP contribution in [0.3, 0.4) is 0 Å². The molecule has 0 aliphatic heterocycles. The fraction of sp³-hybridized carbons (Fsp3) is 0.610. The number of hydrogen-bond acceptors (Lipinski definition) is 6. The van der Waals surface area contributed by atoms with Crippen LogP contribution in [0.4, 0.5) is 0 Å². The van der Waals surface area contributed by atoms with Gasteiger partial charge in [-0.25, -0.2) is 8.42 Å². The Morgan fingerprint density at radius 2 is 1.10 bits per heavy atom. The molecule has 8 bridgehead atoms. The molecule has 9 aliphatic carbocycles. The summed E-state index contributed by atoms with van der Waals surface area (Å²) in [5.41, 5.74) is 2.99. The van der Waals surface area contributed by atoms with Gasteiger partial charge < -0.3 is 8.74 Å². The van der Waals surface area contributed by atoms with Crippen LogP contribution in [0, 0.1) is 35.5 Å². The third-order valence-electron chi connectivity index (χ3n) is 14.6. The van der Waals surface area contributed by atoms with E-state index in [-0.39, 0.29) is 21.5 Å². The molecule has 6 nitrogen and oxygen atoms in total. The molecule has 260 valence electrons. The largest absolute Gasteiger partial charge is 0.744 e. The van der Waals surface area contributed by atoms with Crippen molar-refractivity contribution in [3.05, 3.63) is 64.7 Å². The first-order valence-corrected chi connectivity index (χ1v) is 21.9. The molecule has 8 heteroatoms. The van der Waals surface area contributed by atoms with Crippen LogP contribution in [0.15, 0.2) is 52.3 Å². The van der Waals surface area contributed by atoms with Crippen LogP contribution in [0.2, 0.25) is 0 Å². The lowest BCUT2D eigenvalue weighted by atomic mass is 9.46. The lowest BCUT2D eigenvalue weighted by Gasteiger charge is -2.58. The molecule has 8 fully saturated rings. The Balaban J connectivity index is 1.19. The van der Waals surface area contributed by atoms with E-state index in [1.807, 2.05) is 0 Å². The summed E-state index contributed by atoms with van der Waals surface area (Å²) in [7, 11) is -9.06. The zero-order chi connectivity index (χ0) is 33.3. The Kier molecular flexibility index (Phi) is 6.91. The summed E-state index contributed by atoms with van der Waals surface area (Å²) in [6, 6.07) is 13.5. The van der Waals surface area contributed by atoms with Crippen LogP contribution in [-0.4, -0.2) is 21.4 Å². The highest BCUT2D eigenvalue weighted by Crippen LogP contribution is 2.65. The maximum atomic E-state index is 15.2. The molecule has 0 atom stereocenters. The summed E-state index contributed by atoms with van der Waals surface area (Å²) in [6.07, 6.45) is 17.6. The molecule has 0 aromatic heterocycles. The van der Waals surface area contributed by atoms with E-state index in [0.29, 0.717) is 46.6 Å². The second kappa shape index (κ2) is 10.8. The van der Waals surface area contributed by atoms with Crippen LogP contribution in [0.5, 0.6) is 5.75 Å². The monoisotopic (exact) mass is 699 g/mol. The van der Waals surface area contributed by atoms with Gasteiger partial charge >= 0.3 is 10.1 Å². The van der Waals surface area contributed by atoms with Gasteiger partial charge in [-0.05, 0) is 195 Å². The highest BCUT2D eigenvalue weighted by atomic mass is 32.2. The Labute approximate surface area is 291 Å². The molecule has 0 unspecified atom stereocenters. The van der Waals surface area contributed by atoms with Gasteiger partial charge in [-0.15, -0.1) is 0 Å². The molecule has 49 heavy (non-hydrogen) atoms. The Morgan fingerprint density at radius 3 is 1.65 bits per heavy atom. The third-order valence-corrected chi connectivity index (χ3v) is 16.8. The average molecular weight is 700 g/mol. The topological polar surface area (TPSA) is 101 Å². The maximum Gasteiger partial charge on any atom is 0.339 e. The molecule has 12 rings (SSSR count). The van der Waals surface area contributed by atoms with E-state index in [4.69, 9.17) is 4.18 Å². The smallest absolute Gasteiger partial charge is 0.339 e. The van der Waals surface area contributed by atoms with E-state index in [0.717, 1.165) is 86.5 Å².